The maximum absolute atomic E-state index is 12.9. The van der Waals surface area contributed by atoms with Crippen molar-refractivity contribution in [2.45, 2.75) is 13.0 Å². The molecule has 0 bridgehead atoms. The Kier molecular flexibility index (Phi) is 4.61. The average molecular weight is 366 g/mol. The molecule has 1 aromatic carbocycles. The summed E-state index contributed by atoms with van der Waals surface area (Å²) in [4.78, 5) is 14.3. The van der Waals surface area contributed by atoms with E-state index >= 15 is 0 Å². The van der Waals surface area contributed by atoms with Gasteiger partial charge in [0.15, 0.2) is 0 Å². The molecule has 1 fully saturated rings. The van der Waals surface area contributed by atoms with Crippen LogP contribution in [0.2, 0.25) is 0 Å². The summed E-state index contributed by atoms with van der Waals surface area (Å²) in [6, 6.07) is 7.19. The predicted molar refractivity (Wildman–Crippen MR) is 93.8 cm³/mol. The number of nitrogens with zero attached hydrogens (tertiary/aromatic N) is 2. The van der Waals surface area contributed by atoms with Crippen molar-refractivity contribution < 1.29 is 22.7 Å². The van der Waals surface area contributed by atoms with Crippen molar-refractivity contribution in [3.8, 4) is 0 Å². The van der Waals surface area contributed by atoms with E-state index in [-0.39, 0.29) is 24.7 Å². The standard InChI is InChI=1S/C17H22N2O5S/c1-11-7-12-5-4-6-14(16(12)24-11)17(21)19-8-13(15(20)9-19)10-25(22,23)18(2)3/h4-7,13,15,20H,8-10H2,1-3H3/t13-,15-/m0/s1. The normalized spacial score (nSPS) is 21.4. The van der Waals surface area contributed by atoms with Gasteiger partial charge in [-0.2, -0.15) is 0 Å². The Balaban J connectivity index is 1.82. The number of rotatable bonds is 4. The first kappa shape index (κ1) is 17.9. The van der Waals surface area contributed by atoms with Gasteiger partial charge in [-0.25, -0.2) is 12.7 Å². The molecule has 8 heteroatoms. The molecule has 25 heavy (non-hydrogen) atoms. The zero-order valence-corrected chi connectivity index (χ0v) is 15.3. The number of aliphatic hydroxyl groups excluding tert-OH is 1. The van der Waals surface area contributed by atoms with Crippen LogP contribution in [-0.4, -0.2) is 67.7 Å². The molecule has 7 nitrogen and oxygen atoms in total. The van der Waals surface area contributed by atoms with Crippen LogP contribution in [0.15, 0.2) is 28.7 Å². The molecule has 2 aromatic rings. The minimum absolute atomic E-state index is 0.114. The second-order valence-corrected chi connectivity index (χ2v) is 8.91. The summed E-state index contributed by atoms with van der Waals surface area (Å²) >= 11 is 0. The number of likely N-dealkylation sites (tertiary alicyclic amines) is 1. The highest BCUT2D eigenvalue weighted by Gasteiger charge is 2.38. The first-order chi connectivity index (χ1) is 11.7. The molecule has 0 spiro atoms. The largest absolute Gasteiger partial charge is 0.461 e. The van der Waals surface area contributed by atoms with Crippen molar-refractivity contribution in [2.75, 3.05) is 32.9 Å². The van der Waals surface area contributed by atoms with Crippen LogP contribution in [0.4, 0.5) is 0 Å². The van der Waals surface area contributed by atoms with Crippen molar-refractivity contribution in [2.24, 2.45) is 5.92 Å². The Morgan fingerprint density at radius 3 is 2.76 bits per heavy atom. The number of sulfonamides is 1. The Hall–Kier alpha value is -1.90. The van der Waals surface area contributed by atoms with Crippen LogP contribution >= 0.6 is 0 Å². The molecular weight excluding hydrogens is 344 g/mol. The molecule has 0 aliphatic carbocycles. The Morgan fingerprint density at radius 1 is 1.36 bits per heavy atom. The van der Waals surface area contributed by atoms with Crippen molar-refractivity contribution in [1.82, 2.24) is 9.21 Å². The maximum Gasteiger partial charge on any atom is 0.257 e. The van der Waals surface area contributed by atoms with E-state index in [0.29, 0.717) is 16.9 Å². The van der Waals surface area contributed by atoms with Gasteiger partial charge >= 0.3 is 0 Å². The number of hydrogen-bond acceptors (Lipinski definition) is 5. The molecule has 0 radical (unpaired) electrons. The van der Waals surface area contributed by atoms with E-state index in [1.165, 1.54) is 19.0 Å². The molecule has 1 amide bonds. The summed E-state index contributed by atoms with van der Waals surface area (Å²) in [5.41, 5.74) is 0.942. The summed E-state index contributed by atoms with van der Waals surface area (Å²) < 4.78 is 30.9. The van der Waals surface area contributed by atoms with E-state index in [2.05, 4.69) is 0 Å². The minimum atomic E-state index is -3.44. The van der Waals surface area contributed by atoms with Crippen LogP contribution in [0.5, 0.6) is 0 Å². The zero-order chi connectivity index (χ0) is 18.4. The number of aryl methyl sites for hydroxylation is 1. The lowest BCUT2D eigenvalue weighted by atomic mass is 10.1. The van der Waals surface area contributed by atoms with Gasteiger partial charge in [0.1, 0.15) is 11.3 Å². The molecule has 0 unspecified atom stereocenters. The van der Waals surface area contributed by atoms with E-state index in [1.54, 1.807) is 12.1 Å². The monoisotopic (exact) mass is 366 g/mol. The van der Waals surface area contributed by atoms with Crippen molar-refractivity contribution >= 4 is 26.9 Å². The molecular formula is C17H22N2O5S. The number of aliphatic hydroxyl groups is 1. The van der Waals surface area contributed by atoms with Crippen LogP contribution in [0.1, 0.15) is 16.1 Å². The average Bonchev–Trinajstić information content (AvgIpc) is 3.08. The van der Waals surface area contributed by atoms with Gasteiger partial charge in [0, 0.05) is 38.5 Å². The third-order valence-electron chi connectivity index (χ3n) is 4.57. The Labute approximate surface area is 146 Å². The first-order valence-corrected chi connectivity index (χ1v) is 9.66. The number of carbonyl (C=O) groups excluding carboxylic acids is 1. The second-order valence-electron chi connectivity index (χ2n) is 6.68. The summed E-state index contributed by atoms with van der Waals surface area (Å²) in [5.74, 6) is -0.237. The lowest BCUT2D eigenvalue weighted by Gasteiger charge is -2.18. The number of amides is 1. The lowest BCUT2D eigenvalue weighted by Crippen LogP contribution is -2.33. The van der Waals surface area contributed by atoms with Crippen molar-refractivity contribution in [3.63, 3.8) is 0 Å². The number of fused-ring (bicyclic) bond motifs is 1. The number of hydrogen-bond donors (Lipinski definition) is 1. The van der Waals surface area contributed by atoms with Gasteiger partial charge < -0.3 is 14.4 Å². The number of furan rings is 1. The van der Waals surface area contributed by atoms with Crippen LogP contribution < -0.4 is 0 Å². The molecule has 1 aliphatic heterocycles. The lowest BCUT2D eigenvalue weighted by molar-refractivity contribution is 0.0765. The molecule has 2 heterocycles. The number of β-amino-alcohol motifs (C(OH)–C–C–N with tert-alkyl or cyclic N) is 1. The highest BCUT2D eigenvalue weighted by Crippen LogP contribution is 2.27. The molecule has 0 saturated carbocycles. The smallest absolute Gasteiger partial charge is 0.257 e. The van der Waals surface area contributed by atoms with Gasteiger partial charge in [0.25, 0.3) is 5.91 Å². The number of para-hydroxylation sites is 1. The third kappa shape index (κ3) is 3.42. The predicted octanol–water partition coefficient (Wildman–Crippen LogP) is 1.07. The molecule has 1 N–H and O–H groups in total. The van der Waals surface area contributed by atoms with E-state index in [0.717, 1.165) is 9.69 Å². The fraction of sp³-hybridized carbons (Fsp3) is 0.471. The fourth-order valence-electron chi connectivity index (χ4n) is 3.13. The van der Waals surface area contributed by atoms with Crippen LogP contribution in [0.25, 0.3) is 11.0 Å². The van der Waals surface area contributed by atoms with Gasteiger partial charge in [-0.1, -0.05) is 12.1 Å². The highest BCUT2D eigenvalue weighted by atomic mass is 32.2. The van der Waals surface area contributed by atoms with E-state index in [4.69, 9.17) is 4.42 Å². The van der Waals surface area contributed by atoms with Crippen molar-refractivity contribution in [1.29, 1.82) is 0 Å². The first-order valence-electron chi connectivity index (χ1n) is 8.06. The topological polar surface area (TPSA) is 91.1 Å². The van der Waals surface area contributed by atoms with E-state index < -0.39 is 22.0 Å². The zero-order valence-electron chi connectivity index (χ0n) is 14.5. The van der Waals surface area contributed by atoms with Gasteiger partial charge in [0.2, 0.25) is 10.0 Å². The van der Waals surface area contributed by atoms with Gasteiger partial charge in [0.05, 0.1) is 17.4 Å². The molecule has 1 aliphatic rings. The minimum Gasteiger partial charge on any atom is -0.461 e. The van der Waals surface area contributed by atoms with E-state index in [9.17, 15) is 18.3 Å². The fourth-order valence-corrected chi connectivity index (χ4v) is 4.30. The molecule has 3 rings (SSSR count). The summed E-state index contributed by atoms with van der Waals surface area (Å²) in [6.45, 7) is 2.13. The van der Waals surface area contributed by atoms with Crippen LogP contribution in [0, 0.1) is 12.8 Å². The summed E-state index contributed by atoms with van der Waals surface area (Å²) in [7, 11) is -0.527. The molecule has 1 aromatic heterocycles. The molecule has 2 atom stereocenters. The molecule has 136 valence electrons. The molecule has 1 saturated heterocycles. The Morgan fingerprint density at radius 2 is 2.08 bits per heavy atom. The Bertz CT molecular complexity index is 903. The maximum atomic E-state index is 12.9. The summed E-state index contributed by atoms with van der Waals surface area (Å²) in [5, 5.41) is 11.1. The van der Waals surface area contributed by atoms with Gasteiger partial charge in [-0.05, 0) is 19.1 Å². The summed E-state index contributed by atoms with van der Waals surface area (Å²) in [6.07, 6.45) is -0.865. The second kappa shape index (κ2) is 6.44. The van der Waals surface area contributed by atoms with Gasteiger partial charge in [-0.15, -0.1) is 0 Å². The quantitative estimate of drug-likeness (QED) is 0.874. The number of benzene rings is 1. The third-order valence-corrected chi connectivity index (χ3v) is 6.53. The van der Waals surface area contributed by atoms with E-state index in [1.807, 2.05) is 19.1 Å². The van der Waals surface area contributed by atoms with Crippen molar-refractivity contribution in [3.05, 3.63) is 35.6 Å². The SMILES string of the molecule is Cc1cc2cccc(C(=O)N3C[C@@H](CS(=O)(=O)N(C)C)[C@@H](O)C3)c2o1. The highest BCUT2D eigenvalue weighted by molar-refractivity contribution is 7.89. The number of carbonyl (C=O) groups is 1. The van der Waals surface area contributed by atoms with Crippen LogP contribution in [-0.2, 0) is 10.0 Å². The van der Waals surface area contributed by atoms with Gasteiger partial charge in [-0.3, -0.25) is 4.79 Å². The van der Waals surface area contributed by atoms with Crippen LogP contribution in [0.3, 0.4) is 0 Å².